The predicted octanol–water partition coefficient (Wildman–Crippen LogP) is 1.43. The predicted molar refractivity (Wildman–Crippen MR) is 61.4 cm³/mol. The molecule has 0 saturated heterocycles. The molecule has 0 aliphatic rings. The molecule has 78 valence electrons. The Bertz CT molecular complexity index is 296. The Labute approximate surface area is 91.9 Å². The third kappa shape index (κ3) is 3.32. The lowest BCUT2D eigenvalue weighted by Crippen LogP contribution is -2.49. The first-order valence-corrected chi connectivity index (χ1v) is 6.14. The van der Waals surface area contributed by atoms with Crippen molar-refractivity contribution in [2.75, 3.05) is 5.75 Å². The van der Waals surface area contributed by atoms with E-state index in [1.807, 2.05) is 17.5 Å². The Morgan fingerprint density at radius 3 is 2.93 bits per heavy atom. The van der Waals surface area contributed by atoms with Gasteiger partial charge in [-0.1, -0.05) is 6.07 Å². The largest absolute Gasteiger partial charge is 0.368 e. The fraction of sp³-hybridized carbons (Fsp3) is 0.444. The molecular weight excluding hydrogens is 216 g/mol. The third-order valence-corrected chi connectivity index (χ3v) is 4.06. The zero-order chi connectivity index (χ0) is 10.6. The number of amides is 1. The topological polar surface area (TPSA) is 69.1 Å². The maximum absolute atomic E-state index is 10.9. The molecule has 1 aromatic rings. The number of hydrogen-bond acceptors (Lipinski definition) is 4. The summed E-state index contributed by atoms with van der Waals surface area (Å²) in [5.74, 6) is 0.375. The highest BCUT2D eigenvalue weighted by atomic mass is 32.2. The minimum absolute atomic E-state index is 0.440. The van der Waals surface area contributed by atoms with Gasteiger partial charge in [-0.15, -0.1) is 23.1 Å². The molecule has 4 N–H and O–H groups in total. The van der Waals surface area contributed by atoms with Crippen LogP contribution in [0.2, 0.25) is 0 Å². The van der Waals surface area contributed by atoms with Crippen molar-refractivity contribution in [3.63, 3.8) is 0 Å². The average Bonchev–Trinajstić information content (AvgIpc) is 2.56. The van der Waals surface area contributed by atoms with E-state index in [-0.39, 0.29) is 0 Å². The summed E-state index contributed by atoms with van der Waals surface area (Å²) in [6.45, 7) is 1.67. The van der Waals surface area contributed by atoms with Crippen molar-refractivity contribution in [3.05, 3.63) is 17.5 Å². The van der Waals surface area contributed by atoms with Crippen LogP contribution in [0.1, 0.15) is 13.3 Å². The van der Waals surface area contributed by atoms with E-state index < -0.39 is 11.4 Å². The number of hydrogen-bond donors (Lipinski definition) is 2. The second kappa shape index (κ2) is 4.82. The number of thiophene rings is 1. The summed E-state index contributed by atoms with van der Waals surface area (Å²) in [4.78, 5) is 10.9. The molecule has 0 fully saturated rings. The normalized spacial score (nSPS) is 15.0. The molecule has 0 aliphatic carbocycles. The van der Waals surface area contributed by atoms with E-state index in [0.717, 1.165) is 5.75 Å². The fourth-order valence-corrected chi connectivity index (χ4v) is 2.87. The van der Waals surface area contributed by atoms with Gasteiger partial charge in [-0.2, -0.15) is 0 Å². The molecule has 0 radical (unpaired) electrons. The highest BCUT2D eigenvalue weighted by Crippen LogP contribution is 2.25. The lowest BCUT2D eigenvalue weighted by molar-refractivity contribution is -0.122. The lowest BCUT2D eigenvalue weighted by atomic mass is 10.0. The van der Waals surface area contributed by atoms with Gasteiger partial charge in [0.1, 0.15) is 0 Å². The number of rotatable bonds is 5. The summed E-state index contributed by atoms with van der Waals surface area (Å²) in [6, 6.07) is 4.05. The maximum atomic E-state index is 10.9. The number of primary amides is 1. The molecular formula is C9H14N2OS2. The molecule has 0 spiro atoms. The maximum Gasteiger partial charge on any atom is 0.237 e. The Balaban J connectivity index is 2.31. The summed E-state index contributed by atoms with van der Waals surface area (Å²) in [7, 11) is 0. The van der Waals surface area contributed by atoms with Crippen molar-refractivity contribution in [2.45, 2.75) is 23.1 Å². The molecule has 1 unspecified atom stereocenters. The van der Waals surface area contributed by atoms with Gasteiger partial charge in [0, 0.05) is 5.75 Å². The second-order valence-corrected chi connectivity index (χ2v) is 5.66. The Morgan fingerprint density at radius 1 is 1.71 bits per heavy atom. The number of thioether (sulfide) groups is 1. The van der Waals surface area contributed by atoms with Crippen LogP contribution in [0, 0.1) is 0 Å². The molecule has 1 atom stereocenters. The van der Waals surface area contributed by atoms with Crippen LogP contribution in [0.5, 0.6) is 0 Å². The molecule has 5 heteroatoms. The molecule has 0 bridgehead atoms. The zero-order valence-corrected chi connectivity index (χ0v) is 9.66. The van der Waals surface area contributed by atoms with Gasteiger partial charge in [0.2, 0.25) is 5.91 Å². The Kier molecular flexibility index (Phi) is 3.97. The van der Waals surface area contributed by atoms with Gasteiger partial charge in [-0.3, -0.25) is 4.79 Å². The monoisotopic (exact) mass is 230 g/mol. The molecule has 0 aromatic carbocycles. The number of carbonyl (C=O) groups is 1. The molecule has 3 nitrogen and oxygen atoms in total. The van der Waals surface area contributed by atoms with Gasteiger partial charge in [0.15, 0.2) is 0 Å². The van der Waals surface area contributed by atoms with Crippen molar-refractivity contribution in [2.24, 2.45) is 11.5 Å². The van der Waals surface area contributed by atoms with Crippen LogP contribution in [0.15, 0.2) is 21.7 Å². The summed E-state index contributed by atoms with van der Waals surface area (Å²) in [5, 5.41) is 2.03. The van der Waals surface area contributed by atoms with Crippen LogP contribution < -0.4 is 11.5 Å². The number of carbonyl (C=O) groups excluding carboxylic acids is 1. The van der Waals surface area contributed by atoms with E-state index >= 15 is 0 Å². The van der Waals surface area contributed by atoms with Crippen LogP contribution in [0.4, 0.5) is 0 Å². The third-order valence-electron chi connectivity index (χ3n) is 1.92. The van der Waals surface area contributed by atoms with Crippen molar-refractivity contribution in [3.8, 4) is 0 Å². The molecule has 0 aliphatic heterocycles. The lowest BCUT2D eigenvalue weighted by Gasteiger charge is -2.19. The van der Waals surface area contributed by atoms with Crippen LogP contribution in [-0.4, -0.2) is 17.2 Å². The molecule has 14 heavy (non-hydrogen) atoms. The van der Waals surface area contributed by atoms with E-state index in [1.54, 1.807) is 30.0 Å². The SMILES string of the molecule is CC(N)(CCSc1cccs1)C(N)=O. The first-order chi connectivity index (χ1) is 6.52. The van der Waals surface area contributed by atoms with Gasteiger partial charge < -0.3 is 11.5 Å². The average molecular weight is 230 g/mol. The fourth-order valence-electron chi connectivity index (χ4n) is 0.832. The van der Waals surface area contributed by atoms with Gasteiger partial charge in [-0.05, 0) is 24.8 Å². The van der Waals surface area contributed by atoms with Gasteiger partial charge in [-0.25, -0.2) is 0 Å². The van der Waals surface area contributed by atoms with Gasteiger partial charge in [0.05, 0.1) is 9.75 Å². The minimum atomic E-state index is -0.885. The smallest absolute Gasteiger partial charge is 0.237 e. The minimum Gasteiger partial charge on any atom is -0.368 e. The van der Waals surface area contributed by atoms with Crippen molar-refractivity contribution in [1.29, 1.82) is 0 Å². The summed E-state index contributed by atoms with van der Waals surface area (Å²) >= 11 is 3.39. The Hall–Kier alpha value is -0.520. The van der Waals surface area contributed by atoms with E-state index in [2.05, 4.69) is 0 Å². The first-order valence-electron chi connectivity index (χ1n) is 4.27. The van der Waals surface area contributed by atoms with Crippen molar-refractivity contribution >= 4 is 29.0 Å². The summed E-state index contributed by atoms with van der Waals surface area (Å²) < 4.78 is 1.24. The van der Waals surface area contributed by atoms with E-state index in [1.165, 1.54) is 4.21 Å². The van der Waals surface area contributed by atoms with Crippen molar-refractivity contribution < 1.29 is 4.79 Å². The van der Waals surface area contributed by atoms with E-state index in [9.17, 15) is 4.79 Å². The summed E-state index contributed by atoms with van der Waals surface area (Å²) in [5.41, 5.74) is 9.99. The second-order valence-electron chi connectivity index (χ2n) is 3.31. The molecule has 1 aromatic heterocycles. The molecule has 1 heterocycles. The highest BCUT2D eigenvalue weighted by Gasteiger charge is 2.24. The zero-order valence-electron chi connectivity index (χ0n) is 8.03. The Morgan fingerprint density at radius 2 is 2.43 bits per heavy atom. The molecule has 0 saturated carbocycles. The van der Waals surface area contributed by atoms with Gasteiger partial charge in [0.25, 0.3) is 0 Å². The van der Waals surface area contributed by atoms with Gasteiger partial charge >= 0.3 is 0 Å². The van der Waals surface area contributed by atoms with Crippen LogP contribution in [-0.2, 0) is 4.79 Å². The summed E-state index contributed by atoms with van der Waals surface area (Å²) in [6.07, 6.45) is 0.602. The first kappa shape index (κ1) is 11.6. The molecule has 1 rings (SSSR count). The quantitative estimate of drug-likeness (QED) is 0.752. The van der Waals surface area contributed by atoms with Crippen molar-refractivity contribution in [1.82, 2.24) is 0 Å². The van der Waals surface area contributed by atoms with Crippen LogP contribution in [0.25, 0.3) is 0 Å². The standard InChI is InChI=1S/C9H14N2OS2/c1-9(11,8(10)12)4-6-14-7-3-2-5-13-7/h2-3,5H,4,6,11H2,1H3,(H2,10,12). The molecule has 1 amide bonds. The van der Waals surface area contributed by atoms with E-state index in [4.69, 9.17) is 11.5 Å². The highest BCUT2D eigenvalue weighted by molar-refractivity contribution is 8.01. The van der Waals surface area contributed by atoms with E-state index in [0.29, 0.717) is 6.42 Å². The van der Waals surface area contributed by atoms with Crippen LogP contribution in [0.3, 0.4) is 0 Å². The van der Waals surface area contributed by atoms with Crippen LogP contribution >= 0.6 is 23.1 Å². The number of nitrogens with two attached hydrogens (primary N) is 2.